The Labute approximate surface area is 267 Å². The molecule has 0 aliphatic carbocycles. The molecule has 2 heteroatoms. The van der Waals surface area contributed by atoms with Crippen molar-refractivity contribution in [3.05, 3.63) is 176 Å². The summed E-state index contributed by atoms with van der Waals surface area (Å²) in [6.07, 6.45) is 0. The Morgan fingerprint density at radius 2 is 0.957 bits per heavy atom. The Kier molecular flexibility index (Phi) is 6.17. The van der Waals surface area contributed by atoms with Crippen molar-refractivity contribution in [1.82, 2.24) is 0 Å². The van der Waals surface area contributed by atoms with Gasteiger partial charge in [0.15, 0.2) is 0 Å². The van der Waals surface area contributed by atoms with Gasteiger partial charge < -0.3 is 9.32 Å². The van der Waals surface area contributed by atoms with E-state index in [0.29, 0.717) is 0 Å². The molecule has 8 aromatic carbocycles. The molecule has 0 N–H and O–H groups in total. The normalized spacial score (nSPS) is 11.5. The lowest BCUT2D eigenvalue weighted by molar-refractivity contribution is 0.669. The van der Waals surface area contributed by atoms with Gasteiger partial charge in [-0.3, -0.25) is 0 Å². The van der Waals surface area contributed by atoms with Crippen molar-refractivity contribution >= 4 is 60.5 Å². The Hall–Kier alpha value is -6.12. The average molecular weight is 588 g/mol. The summed E-state index contributed by atoms with van der Waals surface area (Å²) in [7, 11) is 0. The zero-order valence-electron chi connectivity index (χ0n) is 25.1. The van der Waals surface area contributed by atoms with E-state index in [1.807, 2.05) is 12.1 Å². The van der Waals surface area contributed by atoms with Gasteiger partial charge >= 0.3 is 0 Å². The second-order valence-corrected chi connectivity index (χ2v) is 11.8. The van der Waals surface area contributed by atoms with E-state index in [1.165, 1.54) is 32.7 Å². The predicted octanol–water partition coefficient (Wildman–Crippen LogP) is 12.7. The number of benzene rings is 8. The van der Waals surface area contributed by atoms with Gasteiger partial charge in [-0.1, -0.05) is 121 Å². The van der Waals surface area contributed by atoms with Crippen LogP contribution in [0.5, 0.6) is 0 Å². The number of hydrogen-bond donors (Lipinski definition) is 0. The van der Waals surface area contributed by atoms with Gasteiger partial charge in [0.05, 0.1) is 0 Å². The first kappa shape index (κ1) is 26.3. The van der Waals surface area contributed by atoms with Gasteiger partial charge in [-0.25, -0.2) is 0 Å². The number of nitrogens with zero attached hydrogens (tertiary/aromatic N) is 1. The van der Waals surface area contributed by atoms with Crippen LogP contribution < -0.4 is 4.90 Å². The maximum absolute atomic E-state index is 6.23. The van der Waals surface area contributed by atoms with Gasteiger partial charge in [0.2, 0.25) is 0 Å². The molecule has 9 rings (SSSR count). The van der Waals surface area contributed by atoms with Gasteiger partial charge in [0.25, 0.3) is 0 Å². The van der Waals surface area contributed by atoms with Gasteiger partial charge in [-0.15, -0.1) is 0 Å². The molecule has 0 saturated heterocycles. The van der Waals surface area contributed by atoms with Gasteiger partial charge in [0, 0.05) is 27.8 Å². The third-order valence-electron chi connectivity index (χ3n) is 9.02. The van der Waals surface area contributed by atoms with E-state index < -0.39 is 0 Å². The van der Waals surface area contributed by atoms with E-state index in [2.05, 4.69) is 169 Å². The molecule has 0 unspecified atom stereocenters. The van der Waals surface area contributed by atoms with Crippen molar-refractivity contribution in [3.8, 4) is 22.3 Å². The lowest BCUT2D eigenvalue weighted by atomic mass is 9.98. The first-order valence-corrected chi connectivity index (χ1v) is 15.7. The third-order valence-corrected chi connectivity index (χ3v) is 9.02. The van der Waals surface area contributed by atoms with E-state index in [4.69, 9.17) is 4.42 Å². The molecule has 0 radical (unpaired) electrons. The molecule has 0 aliphatic rings. The van der Waals surface area contributed by atoms with Crippen LogP contribution in [0, 0.1) is 0 Å². The van der Waals surface area contributed by atoms with Crippen LogP contribution in [0.4, 0.5) is 17.1 Å². The van der Waals surface area contributed by atoms with Crippen molar-refractivity contribution in [1.29, 1.82) is 0 Å². The fourth-order valence-corrected chi connectivity index (χ4v) is 6.76. The number of fused-ring (bicyclic) bond motifs is 5. The number of hydrogen-bond acceptors (Lipinski definition) is 2. The lowest BCUT2D eigenvalue weighted by Crippen LogP contribution is -2.10. The average Bonchev–Trinajstić information content (AvgIpc) is 3.51. The van der Waals surface area contributed by atoms with E-state index in [9.17, 15) is 0 Å². The summed E-state index contributed by atoms with van der Waals surface area (Å²) in [6.45, 7) is 0. The first-order chi connectivity index (χ1) is 22.8. The molecule has 0 bridgehead atoms. The molecule has 0 saturated carbocycles. The Balaban J connectivity index is 1.18. The highest BCUT2D eigenvalue weighted by Gasteiger charge is 2.17. The minimum Gasteiger partial charge on any atom is -0.456 e. The van der Waals surface area contributed by atoms with Crippen LogP contribution in [0.15, 0.2) is 180 Å². The van der Waals surface area contributed by atoms with Crippen molar-refractivity contribution < 1.29 is 4.42 Å². The van der Waals surface area contributed by atoms with E-state index in [1.54, 1.807) is 0 Å². The van der Waals surface area contributed by atoms with Crippen LogP contribution in [-0.2, 0) is 0 Å². The summed E-state index contributed by atoms with van der Waals surface area (Å²) in [6, 6.07) is 62.9. The third kappa shape index (κ3) is 4.51. The molecular formula is C44H29NO. The highest BCUT2D eigenvalue weighted by molar-refractivity contribution is 6.12. The monoisotopic (exact) mass is 587 g/mol. The number of para-hydroxylation sites is 1. The Morgan fingerprint density at radius 1 is 0.348 bits per heavy atom. The summed E-state index contributed by atoms with van der Waals surface area (Å²) >= 11 is 0. The van der Waals surface area contributed by atoms with E-state index >= 15 is 0 Å². The number of anilines is 3. The fourth-order valence-electron chi connectivity index (χ4n) is 6.76. The van der Waals surface area contributed by atoms with Crippen LogP contribution in [0.2, 0.25) is 0 Å². The van der Waals surface area contributed by atoms with Crippen LogP contribution in [0.3, 0.4) is 0 Å². The molecule has 0 spiro atoms. The zero-order valence-corrected chi connectivity index (χ0v) is 25.1. The standard InChI is InChI=1S/C44H29NO/c1-3-11-33-27-35(20-19-30(33)9-1)32-21-24-37(25-22-32)45(39-26-23-31-10-2-4-12-34(31)28-39)38-14-7-13-36(29-38)40-16-8-18-43-44(40)41-15-5-6-17-42(41)46-43/h1-29H. The van der Waals surface area contributed by atoms with Crippen LogP contribution in [-0.4, -0.2) is 0 Å². The molecule has 46 heavy (non-hydrogen) atoms. The minimum atomic E-state index is 0.903. The highest BCUT2D eigenvalue weighted by Crippen LogP contribution is 2.41. The second-order valence-electron chi connectivity index (χ2n) is 11.8. The maximum Gasteiger partial charge on any atom is 0.136 e. The molecule has 216 valence electrons. The van der Waals surface area contributed by atoms with Gasteiger partial charge in [0.1, 0.15) is 11.2 Å². The Morgan fingerprint density at radius 3 is 1.78 bits per heavy atom. The molecular weight excluding hydrogens is 558 g/mol. The summed E-state index contributed by atoms with van der Waals surface area (Å²) in [5.74, 6) is 0. The fraction of sp³-hybridized carbons (Fsp3) is 0. The first-order valence-electron chi connectivity index (χ1n) is 15.7. The molecule has 1 heterocycles. The molecule has 2 nitrogen and oxygen atoms in total. The molecule has 0 fully saturated rings. The largest absolute Gasteiger partial charge is 0.456 e. The topological polar surface area (TPSA) is 16.4 Å². The summed E-state index contributed by atoms with van der Waals surface area (Å²) in [4.78, 5) is 2.35. The van der Waals surface area contributed by atoms with Crippen molar-refractivity contribution in [3.63, 3.8) is 0 Å². The Bertz CT molecular complexity index is 2540. The SMILES string of the molecule is c1cc(-c2cccc3oc4ccccc4c23)cc(N(c2ccc(-c3ccc4ccccc4c3)cc2)c2ccc3ccccc3c2)c1. The molecule has 0 amide bonds. The quantitative estimate of drug-likeness (QED) is 0.199. The van der Waals surface area contributed by atoms with Gasteiger partial charge in [-0.05, 0) is 98.4 Å². The number of furan rings is 1. The number of rotatable bonds is 5. The van der Waals surface area contributed by atoms with E-state index in [-0.39, 0.29) is 0 Å². The van der Waals surface area contributed by atoms with Crippen LogP contribution in [0.1, 0.15) is 0 Å². The summed E-state index contributed by atoms with van der Waals surface area (Å²) in [5, 5.41) is 7.22. The predicted molar refractivity (Wildman–Crippen MR) is 194 cm³/mol. The highest BCUT2D eigenvalue weighted by atomic mass is 16.3. The van der Waals surface area contributed by atoms with Crippen molar-refractivity contribution in [2.24, 2.45) is 0 Å². The lowest BCUT2D eigenvalue weighted by Gasteiger charge is -2.26. The van der Waals surface area contributed by atoms with E-state index in [0.717, 1.165) is 50.1 Å². The van der Waals surface area contributed by atoms with Crippen molar-refractivity contribution in [2.75, 3.05) is 4.90 Å². The molecule has 9 aromatic rings. The maximum atomic E-state index is 6.23. The van der Waals surface area contributed by atoms with Crippen molar-refractivity contribution in [2.45, 2.75) is 0 Å². The molecule has 1 aromatic heterocycles. The van der Waals surface area contributed by atoms with Gasteiger partial charge in [-0.2, -0.15) is 0 Å². The minimum absolute atomic E-state index is 0.903. The van der Waals surface area contributed by atoms with Crippen LogP contribution in [0.25, 0.3) is 65.7 Å². The molecule has 0 aliphatic heterocycles. The smallest absolute Gasteiger partial charge is 0.136 e. The summed E-state index contributed by atoms with van der Waals surface area (Å²) < 4.78 is 6.23. The molecule has 0 atom stereocenters. The second kappa shape index (κ2) is 10.8. The zero-order chi connectivity index (χ0) is 30.5. The van der Waals surface area contributed by atoms with Crippen LogP contribution >= 0.6 is 0 Å². The summed E-state index contributed by atoms with van der Waals surface area (Å²) in [5.41, 5.74) is 9.83.